The molecule has 1 heterocycles. The van der Waals surface area contributed by atoms with E-state index in [-0.39, 0.29) is 5.91 Å². The maximum atomic E-state index is 11.2. The molecular weight excluding hydrogens is 304 g/mol. The minimum Gasteiger partial charge on any atom is -0.367 e. The van der Waals surface area contributed by atoms with E-state index in [0.29, 0.717) is 0 Å². The fourth-order valence-electron chi connectivity index (χ4n) is 2.00. The molecule has 1 amide bonds. The Bertz CT molecular complexity index is 431. The number of amides is 1. The lowest BCUT2D eigenvalue weighted by molar-refractivity contribution is -0.129. The summed E-state index contributed by atoms with van der Waals surface area (Å²) in [4.78, 5) is 15.3. The van der Waals surface area contributed by atoms with E-state index in [4.69, 9.17) is 11.6 Å². The molecule has 1 aromatic carbocycles. The third-order valence-corrected chi connectivity index (χ3v) is 3.77. The van der Waals surface area contributed by atoms with Crippen LogP contribution < -0.4 is 4.90 Å². The molecule has 0 saturated carbocycles. The van der Waals surface area contributed by atoms with Crippen molar-refractivity contribution in [3.05, 3.63) is 27.7 Å². The van der Waals surface area contributed by atoms with E-state index in [1.54, 1.807) is 6.92 Å². The first-order valence-corrected chi connectivity index (χ1v) is 6.70. The molecule has 1 aliphatic rings. The molecule has 92 valence electrons. The number of carbonyl (C=O) groups excluding carboxylic acids is 1. The zero-order chi connectivity index (χ0) is 12.4. The summed E-state index contributed by atoms with van der Waals surface area (Å²) < 4.78 is 0.980. The number of halogens is 2. The molecule has 0 spiro atoms. The molecule has 1 fully saturated rings. The second-order valence-corrected chi connectivity index (χ2v) is 5.41. The highest BCUT2D eigenvalue weighted by Gasteiger charge is 2.20. The predicted molar refractivity (Wildman–Crippen MR) is 73.6 cm³/mol. The Kier molecular flexibility index (Phi) is 3.94. The van der Waals surface area contributed by atoms with Crippen molar-refractivity contribution in [1.82, 2.24) is 4.90 Å². The van der Waals surface area contributed by atoms with Gasteiger partial charge in [-0.3, -0.25) is 4.79 Å². The molecule has 0 N–H and O–H groups in total. The van der Waals surface area contributed by atoms with E-state index in [0.717, 1.165) is 41.4 Å². The second-order valence-electron chi connectivity index (χ2n) is 4.09. The first-order valence-electron chi connectivity index (χ1n) is 5.53. The largest absolute Gasteiger partial charge is 0.367 e. The number of anilines is 1. The summed E-state index contributed by atoms with van der Waals surface area (Å²) in [6, 6.07) is 5.89. The molecule has 1 aliphatic heterocycles. The van der Waals surface area contributed by atoms with Crippen LogP contribution in [0.25, 0.3) is 0 Å². The van der Waals surface area contributed by atoms with Gasteiger partial charge in [0.25, 0.3) is 0 Å². The van der Waals surface area contributed by atoms with Crippen molar-refractivity contribution in [2.75, 3.05) is 31.1 Å². The second kappa shape index (κ2) is 5.27. The Hall–Kier alpha value is -0.740. The predicted octanol–water partition coefficient (Wildman–Crippen LogP) is 2.77. The van der Waals surface area contributed by atoms with Crippen LogP contribution in [0.15, 0.2) is 22.7 Å². The van der Waals surface area contributed by atoms with Crippen molar-refractivity contribution in [3.8, 4) is 0 Å². The quantitative estimate of drug-likeness (QED) is 0.795. The van der Waals surface area contributed by atoms with Crippen LogP contribution in [0.5, 0.6) is 0 Å². The van der Waals surface area contributed by atoms with Crippen molar-refractivity contribution in [2.45, 2.75) is 6.92 Å². The Balaban J connectivity index is 2.08. The van der Waals surface area contributed by atoms with E-state index >= 15 is 0 Å². The molecule has 3 nitrogen and oxygen atoms in total. The number of piperazine rings is 1. The van der Waals surface area contributed by atoms with Crippen molar-refractivity contribution >= 4 is 39.1 Å². The highest BCUT2D eigenvalue weighted by Crippen LogP contribution is 2.29. The summed E-state index contributed by atoms with van der Waals surface area (Å²) in [7, 11) is 0. The van der Waals surface area contributed by atoms with Crippen LogP contribution in [-0.4, -0.2) is 37.0 Å². The summed E-state index contributed by atoms with van der Waals surface area (Å²) in [5.74, 6) is 0.145. The van der Waals surface area contributed by atoms with E-state index < -0.39 is 0 Å². The Morgan fingerprint density at radius 1 is 1.29 bits per heavy atom. The third kappa shape index (κ3) is 2.93. The number of nitrogens with zero attached hydrogens (tertiary/aromatic N) is 2. The van der Waals surface area contributed by atoms with E-state index in [2.05, 4.69) is 20.8 Å². The Morgan fingerprint density at radius 3 is 2.47 bits per heavy atom. The molecule has 0 bridgehead atoms. The van der Waals surface area contributed by atoms with Gasteiger partial charge in [0.15, 0.2) is 0 Å². The van der Waals surface area contributed by atoms with Crippen LogP contribution in [0.4, 0.5) is 5.69 Å². The number of rotatable bonds is 1. The van der Waals surface area contributed by atoms with Gasteiger partial charge < -0.3 is 9.80 Å². The van der Waals surface area contributed by atoms with Gasteiger partial charge in [0, 0.05) is 37.6 Å². The van der Waals surface area contributed by atoms with Crippen LogP contribution in [-0.2, 0) is 4.79 Å². The van der Waals surface area contributed by atoms with Crippen molar-refractivity contribution < 1.29 is 4.79 Å². The summed E-state index contributed by atoms with van der Waals surface area (Å²) >= 11 is 9.60. The topological polar surface area (TPSA) is 23.6 Å². The first kappa shape index (κ1) is 12.7. The molecule has 0 aliphatic carbocycles. The fourth-order valence-corrected chi connectivity index (χ4v) is 2.79. The van der Waals surface area contributed by atoms with Crippen LogP contribution in [0, 0.1) is 0 Å². The lowest BCUT2D eigenvalue weighted by Gasteiger charge is -2.36. The molecule has 0 radical (unpaired) electrons. The van der Waals surface area contributed by atoms with Gasteiger partial charge in [-0.1, -0.05) is 27.5 Å². The monoisotopic (exact) mass is 316 g/mol. The van der Waals surface area contributed by atoms with Crippen LogP contribution in [0.1, 0.15) is 6.92 Å². The molecule has 0 aromatic heterocycles. The van der Waals surface area contributed by atoms with Gasteiger partial charge in [0.2, 0.25) is 5.91 Å². The molecule has 1 aromatic rings. The number of benzene rings is 1. The fraction of sp³-hybridized carbons (Fsp3) is 0.417. The average molecular weight is 318 g/mol. The molecule has 1 saturated heterocycles. The Labute approximate surface area is 114 Å². The minimum atomic E-state index is 0.145. The van der Waals surface area contributed by atoms with Crippen LogP contribution in [0.2, 0.25) is 5.02 Å². The van der Waals surface area contributed by atoms with E-state index in [1.165, 1.54) is 0 Å². The SMILES string of the molecule is CC(=O)N1CCN(c2ccc(Br)cc2Cl)CC1. The standard InChI is InChI=1S/C12H14BrClN2O/c1-9(17)15-4-6-16(7-5-15)12-3-2-10(13)8-11(12)14/h2-3,8H,4-7H2,1H3. The summed E-state index contributed by atoms with van der Waals surface area (Å²) in [6.07, 6.45) is 0. The summed E-state index contributed by atoms with van der Waals surface area (Å²) in [6.45, 7) is 4.81. The van der Waals surface area contributed by atoms with Crippen molar-refractivity contribution in [1.29, 1.82) is 0 Å². The van der Waals surface area contributed by atoms with Gasteiger partial charge in [-0.05, 0) is 18.2 Å². The summed E-state index contributed by atoms with van der Waals surface area (Å²) in [5.41, 5.74) is 1.04. The maximum Gasteiger partial charge on any atom is 0.219 e. The number of carbonyl (C=O) groups is 1. The maximum absolute atomic E-state index is 11.2. The van der Waals surface area contributed by atoms with E-state index in [1.807, 2.05) is 23.1 Å². The smallest absolute Gasteiger partial charge is 0.219 e. The lowest BCUT2D eigenvalue weighted by Crippen LogP contribution is -2.48. The highest BCUT2D eigenvalue weighted by atomic mass is 79.9. The molecule has 0 unspecified atom stereocenters. The zero-order valence-corrected chi connectivity index (χ0v) is 12.0. The minimum absolute atomic E-state index is 0.145. The van der Waals surface area contributed by atoms with Crippen LogP contribution >= 0.6 is 27.5 Å². The van der Waals surface area contributed by atoms with Gasteiger partial charge in [-0.25, -0.2) is 0 Å². The molecule has 5 heteroatoms. The highest BCUT2D eigenvalue weighted by molar-refractivity contribution is 9.10. The normalized spacial score (nSPS) is 16.2. The average Bonchev–Trinajstić information content (AvgIpc) is 2.29. The van der Waals surface area contributed by atoms with Gasteiger partial charge in [0.05, 0.1) is 10.7 Å². The van der Waals surface area contributed by atoms with Gasteiger partial charge in [-0.15, -0.1) is 0 Å². The van der Waals surface area contributed by atoms with Crippen molar-refractivity contribution in [3.63, 3.8) is 0 Å². The first-order chi connectivity index (χ1) is 8.08. The molecule has 17 heavy (non-hydrogen) atoms. The number of hydrogen-bond acceptors (Lipinski definition) is 2. The van der Waals surface area contributed by atoms with Gasteiger partial charge in [-0.2, -0.15) is 0 Å². The lowest BCUT2D eigenvalue weighted by atomic mass is 10.2. The van der Waals surface area contributed by atoms with Crippen LogP contribution in [0.3, 0.4) is 0 Å². The third-order valence-electron chi connectivity index (χ3n) is 2.98. The summed E-state index contributed by atoms with van der Waals surface area (Å²) in [5, 5.41) is 0.746. The Morgan fingerprint density at radius 2 is 1.94 bits per heavy atom. The van der Waals surface area contributed by atoms with E-state index in [9.17, 15) is 4.79 Å². The van der Waals surface area contributed by atoms with Crippen molar-refractivity contribution in [2.24, 2.45) is 0 Å². The molecule has 2 rings (SSSR count). The van der Waals surface area contributed by atoms with Gasteiger partial charge >= 0.3 is 0 Å². The molecule has 0 atom stereocenters. The molecular formula is C12H14BrClN2O. The number of hydrogen-bond donors (Lipinski definition) is 0. The zero-order valence-electron chi connectivity index (χ0n) is 9.62. The van der Waals surface area contributed by atoms with Gasteiger partial charge in [0.1, 0.15) is 0 Å².